The predicted octanol–water partition coefficient (Wildman–Crippen LogP) is 2.93. The summed E-state index contributed by atoms with van der Waals surface area (Å²) in [6.45, 7) is 5.65. The maximum absolute atomic E-state index is 5.97. The summed E-state index contributed by atoms with van der Waals surface area (Å²) in [7, 11) is 0. The van der Waals surface area contributed by atoms with Gasteiger partial charge in [0.05, 0.1) is 9.50 Å². The second kappa shape index (κ2) is 4.99. The third kappa shape index (κ3) is 2.04. The van der Waals surface area contributed by atoms with Gasteiger partial charge >= 0.3 is 0 Å². The van der Waals surface area contributed by atoms with E-state index in [0.29, 0.717) is 11.1 Å². The quantitative estimate of drug-likeness (QED) is 0.904. The van der Waals surface area contributed by atoms with E-state index in [4.69, 9.17) is 11.6 Å². The van der Waals surface area contributed by atoms with Crippen LogP contribution in [0.4, 0.5) is 5.82 Å². The van der Waals surface area contributed by atoms with E-state index >= 15 is 0 Å². The summed E-state index contributed by atoms with van der Waals surface area (Å²) in [4.78, 5) is 6.97. The molecule has 3 nitrogen and oxygen atoms in total. The van der Waals surface area contributed by atoms with E-state index in [1.807, 2.05) is 6.07 Å². The van der Waals surface area contributed by atoms with Gasteiger partial charge in [0.1, 0.15) is 5.82 Å². The van der Waals surface area contributed by atoms with Crippen molar-refractivity contribution in [3.05, 3.63) is 21.8 Å². The van der Waals surface area contributed by atoms with E-state index in [2.05, 4.69) is 38.1 Å². The number of nitrogens with zero attached hydrogens (tertiary/aromatic N) is 2. The molecule has 3 unspecified atom stereocenters. The lowest BCUT2D eigenvalue weighted by atomic mass is 9.93. The van der Waals surface area contributed by atoms with Gasteiger partial charge in [-0.2, -0.15) is 0 Å². The van der Waals surface area contributed by atoms with Gasteiger partial charge in [0, 0.05) is 31.9 Å². The highest BCUT2D eigenvalue weighted by Gasteiger charge is 2.44. The summed E-state index contributed by atoms with van der Waals surface area (Å²) in [5.41, 5.74) is 0. The van der Waals surface area contributed by atoms with E-state index < -0.39 is 0 Å². The molecule has 0 spiro atoms. The number of nitrogens with one attached hydrogen (secondary N) is 1. The molecule has 2 aliphatic heterocycles. The minimum Gasteiger partial charge on any atom is -0.352 e. The van der Waals surface area contributed by atoms with Crippen molar-refractivity contribution in [2.24, 2.45) is 11.8 Å². The van der Waals surface area contributed by atoms with Crippen LogP contribution in [0.2, 0.25) is 5.02 Å². The Morgan fingerprint density at radius 2 is 2.39 bits per heavy atom. The van der Waals surface area contributed by atoms with Gasteiger partial charge in [-0.1, -0.05) is 18.5 Å². The lowest BCUT2D eigenvalue weighted by Gasteiger charge is -2.28. The number of hydrogen-bond donors (Lipinski definition) is 1. The molecule has 3 rings (SSSR count). The van der Waals surface area contributed by atoms with Gasteiger partial charge in [0.25, 0.3) is 0 Å². The van der Waals surface area contributed by atoms with Crippen molar-refractivity contribution < 1.29 is 0 Å². The van der Waals surface area contributed by atoms with Crippen LogP contribution in [0, 0.1) is 11.8 Å². The highest BCUT2D eigenvalue weighted by Crippen LogP contribution is 2.39. The molecule has 3 heterocycles. The average Bonchev–Trinajstić information content (AvgIpc) is 2.88. The molecular formula is C13H17BrClN3. The molecule has 1 N–H and O–H groups in total. The number of hydrogen-bond acceptors (Lipinski definition) is 3. The predicted molar refractivity (Wildman–Crippen MR) is 78.2 cm³/mol. The molecule has 1 aromatic heterocycles. The highest BCUT2D eigenvalue weighted by atomic mass is 79.9. The number of fused-ring (bicyclic) bond motifs is 1. The molecule has 0 amide bonds. The van der Waals surface area contributed by atoms with E-state index in [1.165, 1.54) is 6.42 Å². The summed E-state index contributed by atoms with van der Waals surface area (Å²) < 4.78 is 1.00. The Balaban J connectivity index is 1.91. The smallest absolute Gasteiger partial charge is 0.143 e. The van der Waals surface area contributed by atoms with Crippen LogP contribution < -0.4 is 10.2 Å². The first-order valence-corrected chi connectivity index (χ1v) is 7.66. The van der Waals surface area contributed by atoms with Crippen molar-refractivity contribution in [1.82, 2.24) is 10.3 Å². The fourth-order valence-corrected chi connectivity index (χ4v) is 4.27. The zero-order valence-corrected chi connectivity index (χ0v) is 12.7. The molecule has 0 radical (unpaired) electrons. The molecule has 18 heavy (non-hydrogen) atoms. The number of rotatable bonds is 2. The first-order chi connectivity index (χ1) is 8.70. The maximum atomic E-state index is 5.97. The van der Waals surface area contributed by atoms with Crippen molar-refractivity contribution in [3.63, 3.8) is 0 Å². The lowest BCUT2D eigenvalue weighted by Crippen LogP contribution is -2.35. The van der Waals surface area contributed by atoms with Crippen molar-refractivity contribution in [2.75, 3.05) is 24.5 Å². The molecule has 0 bridgehead atoms. The zero-order valence-electron chi connectivity index (χ0n) is 10.4. The van der Waals surface area contributed by atoms with Crippen LogP contribution in [0.5, 0.6) is 0 Å². The van der Waals surface area contributed by atoms with E-state index in [-0.39, 0.29) is 0 Å². The Labute approximate surface area is 121 Å². The molecule has 98 valence electrons. The summed E-state index contributed by atoms with van der Waals surface area (Å²) >= 11 is 9.56. The van der Waals surface area contributed by atoms with Crippen molar-refractivity contribution in [2.45, 2.75) is 19.4 Å². The highest BCUT2D eigenvalue weighted by molar-refractivity contribution is 9.10. The third-order valence-corrected chi connectivity index (χ3v) is 4.99. The number of halogens is 2. The summed E-state index contributed by atoms with van der Waals surface area (Å²) in [6.07, 6.45) is 2.90. The minimum absolute atomic E-state index is 0.593. The Morgan fingerprint density at radius 3 is 3.11 bits per heavy atom. The first kappa shape index (κ1) is 12.7. The summed E-state index contributed by atoms with van der Waals surface area (Å²) in [5, 5.41) is 4.18. The largest absolute Gasteiger partial charge is 0.352 e. The fraction of sp³-hybridized carbons (Fsp3) is 0.615. The van der Waals surface area contributed by atoms with Gasteiger partial charge < -0.3 is 10.2 Å². The van der Waals surface area contributed by atoms with Crippen LogP contribution in [-0.4, -0.2) is 30.7 Å². The first-order valence-electron chi connectivity index (χ1n) is 6.49. The minimum atomic E-state index is 0.593. The zero-order chi connectivity index (χ0) is 12.7. The van der Waals surface area contributed by atoms with Gasteiger partial charge in [-0.05, 0) is 40.3 Å². The molecule has 0 aromatic carbocycles. The van der Waals surface area contributed by atoms with Gasteiger partial charge in [-0.15, -0.1) is 0 Å². The van der Waals surface area contributed by atoms with Crippen LogP contribution in [0.3, 0.4) is 0 Å². The van der Waals surface area contributed by atoms with Gasteiger partial charge in [0.2, 0.25) is 0 Å². The molecule has 0 saturated carbocycles. The average molecular weight is 331 g/mol. The Kier molecular flexibility index (Phi) is 3.52. The van der Waals surface area contributed by atoms with Gasteiger partial charge in [-0.3, -0.25) is 0 Å². The Morgan fingerprint density at radius 1 is 1.56 bits per heavy atom. The van der Waals surface area contributed by atoms with E-state index in [0.717, 1.165) is 41.8 Å². The SMILES string of the molecule is CCC1C2CNCC2CN1c1ncc(Cl)cc1Br. The van der Waals surface area contributed by atoms with E-state index in [1.54, 1.807) is 6.20 Å². The topological polar surface area (TPSA) is 28.2 Å². The maximum Gasteiger partial charge on any atom is 0.143 e. The molecule has 1 aromatic rings. The van der Waals surface area contributed by atoms with Crippen molar-refractivity contribution >= 4 is 33.3 Å². The second-order valence-corrected chi connectivity index (χ2v) is 6.46. The second-order valence-electron chi connectivity index (χ2n) is 5.17. The Bertz CT molecular complexity index is 454. The van der Waals surface area contributed by atoms with Gasteiger partial charge in [-0.25, -0.2) is 4.98 Å². The van der Waals surface area contributed by atoms with Crippen LogP contribution in [0.25, 0.3) is 0 Å². The third-order valence-electron chi connectivity index (χ3n) is 4.20. The molecular weight excluding hydrogens is 314 g/mol. The molecule has 3 atom stereocenters. The van der Waals surface area contributed by atoms with Crippen molar-refractivity contribution in [1.29, 1.82) is 0 Å². The number of anilines is 1. The van der Waals surface area contributed by atoms with Crippen LogP contribution in [0.1, 0.15) is 13.3 Å². The standard InChI is InChI=1S/C13H17BrClN3/c1-2-12-10-6-16-4-8(10)7-18(12)13-11(14)3-9(15)5-17-13/h3,5,8,10,12,16H,2,4,6-7H2,1H3. The van der Waals surface area contributed by atoms with E-state index in [9.17, 15) is 0 Å². The summed E-state index contributed by atoms with van der Waals surface area (Å²) in [6, 6.07) is 2.53. The van der Waals surface area contributed by atoms with Crippen LogP contribution >= 0.6 is 27.5 Å². The lowest BCUT2D eigenvalue weighted by molar-refractivity contribution is 0.441. The fourth-order valence-electron chi connectivity index (χ4n) is 3.41. The number of aromatic nitrogens is 1. The van der Waals surface area contributed by atoms with Crippen molar-refractivity contribution in [3.8, 4) is 0 Å². The molecule has 5 heteroatoms. The normalized spacial score (nSPS) is 30.8. The van der Waals surface area contributed by atoms with Gasteiger partial charge in [0.15, 0.2) is 0 Å². The number of pyridine rings is 1. The Hall–Kier alpha value is -0.320. The molecule has 2 aliphatic rings. The summed E-state index contributed by atoms with van der Waals surface area (Å²) in [5.74, 6) is 2.57. The van der Waals surface area contributed by atoms with Crippen LogP contribution in [0.15, 0.2) is 16.7 Å². The molecule has 0 aliphatic carbocycles. The molecule has 2 saturated heterocycles. The van der Waals surface area contributed by atoms with Crippen LogP contribution in [-0.2, 0) is 0 Å². The monoisotopic (exact) mass is 329 g/mol. The molecule has 2 fully saturated rings.